The van der Waals surface area contributed by atoms with E-state index in [9.17, 15) is 4.79 Å². The van der Waals surface area contributed by atoms with Crippen molar-refractivity contribution in [1.82, 2.24) is 15.0 Å². The Bertz CT molecular complexity index is 782. The number of likely N-dealkylation sites (tertiary alicyclic amines) is 2. The largest absolute Gasteiger partial charge is 0.497 e. The first-order chi connectivity index (χ1) is 13.2. The lowest BCUT2D eigenvalue weighted by Gasteiger charge is -2.31. The number of amides is 1. The molecule has 0 N–H and O–H groups in total. The molecule has 2 saturated heterocycles. The normalized spacial score (nSPS) is 20.8. The quantitative estimate of drug-likeness (QED) is 0.809. The fourth-order valence-electron chi connectivity index (χ4n) is 4.13. The first-order valence-corrected chi connectivity index (χ1v) is 9.84. The molecule has 6 heteroatoms. The Morgan fingerprint density at radius 2 is 2.07 bits per heavy atom. The van der Waals surface area contributed by atoms with Gasteiger partial charge in [0.15, 0.2) is 0 Å². The zero-order valence-corrected chi connectivity index (χ0v) is 15.9. The van der Waals surface area contributed by atoms with E-state index in [1.807, 2.05) is 23.1 Å². The van der Waals surface area contributed by atoms with E-state index < -0.39 is 0 Å². The second-order valence-electron chi connectivity index (χ2n) is 7.54. The molecule has 0 spiro atoms. The van der Waals surface area contributed by atoms with Crippen molar-refractivity contribution in [3.8, 4) is 5.75 Å². The van der Waals surface area contributed by atoms with Crippen LogP contribution in [0.4, 0.5) is 0 Å². The summed E-state index contributed by atoms with van der Waals surface area (Å²) in [5, 5.41) is 4.23. The fraction of sp³-hybridized carbons (Fsp3) is 0.524. The third-order valence-electron chi connectivity index (χ3n) is 5.60. The zero-order valence-electron chi connectivity index (χ0n) is 15.9. The van der Waals surface area contributed by atoms with Crippen molar-refractivity contribution in [1.29, 1.82) is 0 Å². The molecule has 0 aliphatic carbocycles. The molecule has 27 heavy (non-hydrogen) atoms. The Morgan fingerprint density at radius 1 is 1.22 bits per heavy atom. The molecule has 1 aromatic heterocycles. The van der Waals surface area contributed by atoms with Crippen LogP contribution in [-0.2, 0) is 6.54 Å². The number of carbonyl (C=O) groups excluding carboxylic acids is 1. The van der Waals surface area contributed by atoms with Crippen LogP contribution in [0, 0.1) is 0 Å². The van der Waals surface area contributed by atoms with Crippen LogP contribution in [-0.4, -0.2) is 54.2 Å². The maximum Gasteiger partial charge on any atom is 0.292 e. The standard InChI is InChI=1S/C21H27N3O3/c1-26-18-8-4-6-16(12-18)14-23-9-5-7-17(15-23)19-13-20(27-22-19)21(25)24-10-2-3-11-24/h4,6,8,12-13,17H,2-3,5,7,9-11,14-15H2,1H3/t17-/m0/s1. The molecule has 2 aliphatic rings. The molecule has 1 amide bonds. The number of ether oxygens (including phenoxy) is 1. The Morgan fingerprint density at radius 3 is 2.89 bits per heavy atom. The van der Waals surface area contributed by atoms with E-state index in [2.05, 4.69) is 22.2 Å². The predicted molar refractivity (Wildman–Crippen MR) is 102 cm³/mol. The van der Waals surface area contributed by atoms with Crippen molar-refractivity contribution in [2.45, 2.75) is 38.1 Å². The van der Waals surface area contributed by atoms with Gasteiger partial charge in [0.25, 0.3) is 5.91 Å². The Kier molecular flexibility index (Phi) is 5.43. The molecular weight excluding hydrogens is 342 g/mol. The summed E-state index contributed by atoms with van der Waals surface area (Å²) in [5.41, 5.74) is 2.16. The topological polar surface area (TPSA) is 58.8 Å². The number of nitrogens with zero attached hydrogens (tertiary/aromatic N) is 3. The number of methoxy groups -OCH3 is 1. The number of carbonyl (C=O) groups is 1. The predicted octanol–water partition coefficient (Wildman–Crippen LogP) is 3.30. The maximum absolute atomic E-state index is 12.5. The van der Waals surface area contributed by atoms with Gasteiger partial charge in [0.1, 0.15) is 5.75 Å². The van der Waals surface area contributed by atoms with Crippen LogP contribution >= 0.6 is 0 Å². The Labute approximate surface area is 160 Å². The van der Waals surface area contributed by atoms with Gasteiger partial charge in [-0.15, -0.1) is 0 Å². The summed E-state index contributed by atoms with van der Waals surface area (Å²) >= 11 is 0. The van der Waals surface area contributed by atoms with Crippen molar-refractivity contribution in [2.75, 3.05) is 33.3 Å². The molecule has 2 aliphatic heterocycles. The third-order valence-corrected chi connectivity index (χ3v) is 5.60. The minimum Gasteiger partial charge on any atom is -0.497 e. The minimum absolute atomic E-state index is 0.0182. The highest BCUT2D eigenvalue weighted by Gasteiger charge is 2.27. The zero-order chi connectivity index (χ0) is 18.6. The first kappa shape index (κ1) is 18.0. The highest BCUT2D eigenvalue weighted by atomic mass is 16.5. The van der Waals surface area contributed by atoms with E-state index in [-0.39, 0.29) is 5.91 Å². The van der Waals surface area contributed by atoms with E-state index in [4.69, 9.17) is 9.26 Å². The van der Waals surface area contributed by atoms with Crippen LogP contribution in [0.5, 0.6) is 5.75 Å². The number of hydrogen-bond acceptors (Lipinski definition) is 5. The van der Waals surface area contributed by atoms with Gasteiger partial charge in [-0.1, -0.05) is 17.3 Å². The maximum atomic E-state index is 12.5. The van der Waals surface area contributed by atoms with Crippen LogP contribution in [0.2, 0.25) is 0 Å². The average molecular weight is 369 g/mol. The summed E-state index contributed by atoms with van der Waals surface area (Å²) in [6.45, 7) is 4.55. The number of aromatic nitrogens is 1. The van der Waals surface area contributed by atoms with Crippen molar-refractivity contribution in [2.24, 2.45) is 0 Å². The molecule has 0 radical (unpaired) electrons. The number of rotatable bonds is 5. The molecule has 3 heterocycles. The second kappa shape index (κ2) is 8.13. The van der Waals surface area contributed by atoms with Crippen LogP contribution in [0.15, 0.2) is 34.9 Å². The molecule has 1 atom stereocenters. The van der Waals surface area contributed by atoms with Gasteiger partial charge in [0, 0.05) is 38.2 Å². The van der Waals surface area contributed by atoms with Gasteiger partial charge >= 0.3 is 0 Å². The van der Waals surface area contributed by atoms with Crippen molar-refractivity contribution in [3.63, 3.8) is 0 Å². The number of hydrogen-bond donors (Lipinski definition) is 0. The van der Waals surface area contributed by atoms with Gasteiger partial charge in [0.05, 0.1) is 12.8 Å². The average Bonchev–Trinajstić information content (AvgIpc) is 3.40. The van der Waals surface area contributed by atoms with Crippen LogP contribution in [0.1, 0.15) is 53.4 Å². The SMILES string of the molecule is COc1cccc(CN2CCC[C@H](c3cc(C(=O)N4CCCC4)on3)C2)c1. The van der Waals surface area contributed by atoms with Crippen molar-refractivity contribution in [3.05, 3.63) is 47.3 Å². The molecule has 0 bridgehead atoms. The van der Waals surface area contributed by atoms with E-state index in [1.54, 1.807) is 7.11 Å². The highest BCUT2D eigenvalue weighted by Crippen LogP contribution is 2.28. The first-order valence-electron chi connectivity index (χ1n) is 9.84. The van der Waals surface area contributed by atoms with Gasteiger partial charge in [0.2, 0.25) is 5.76 Å². The lowest BCUT2D eigenvalue weighted by Crippen LogP contribution is -2.34. The monoisotopic (exact) mass is 369 g/mol. The fourth-order valence-corrected chi connectivity index (χ4v) is 4.13. The van der Waals surface area contributed by atoms with E-state index >= 15 is 0 Å². The smallest absolute Gasteiger partial charge is 0.292 e. The molecule has 0 saturated carbocycles. The van der Waals surface area contributed by atoms with Gasteiger partial charge in [-0.05, 0) is 49.9 Å². The summed E-state index contributed by atoms with van der Waals surface area (Å²) < 4.78 is 10.7. The number of benzene rings is 1. The molecule has 1 aromatic carbocycles. The molecule has 2 aromatic rings. The minimum atomic E-state index is -0.0182. The summed E-state index contributed by atoms with van der Waals surface area (Å²) in [6.07, 6.45) is 4.36. The summed E-state index contributed by atoms with van der Waals surface area (Å²) in [5.74, 6) is 1.57. The Balaban J connectivity index is 1.40. The second-order valence-corrected chi connectivity index (χ2v) is 7.54. The Hall–Kier alpha value is -2.34. The summed E-state index contributed by atoms with van der Waals surface area (Å²) in [4.78, 5) is 16.8. The molecule has 4 rings (SSSR count). The lowest BCUT2D eigenvalue weighted by molar-refractivity contribution is 0.0751. The van der Waals surface area contributed by atoms with Gasteiger partial charge in [-0.3, -0.25) is 9.69 Å². The molecular formula is C21H27N3O3. The molecule has 2 fully saturated rings. The summed E-state index contributed by atoms with van der Waals surface area (Å²) in [6, 6.07) is 10.1. The van der Waals surface area contributed by atoms with Crippen LogP contribution in [0.3, 0.4) is 0 Å². The van der Waals surface area contributed by atoms with E-state index in [1.165, 1.54) is 5.56 Å². The molecule has 6 nitrogen and oxygen atoms in total. The van der Waals surface area contributed by atoms with E-state index in [0.717, 1.165) is 69.9 Å². The van der Waals surface area contributed by atoms with Crippen molar-refractivity contribution >= 4 is 5.91 Å². The summed E-state index contributed by atoms with van der Waals surface area (Å²) in [7, 11) is 1.70. The van der Waals surface area contributed by atoms with E-state index in [0.29, 0.717) is 11.7 Å². The third kappa shape index (κ3) is 4.16. The van der Waals surface area contributed by atoms with Gasteiger partial charge in [-0.2, -0.15) is 0 Å². The molecule has 0 unspecified atom stereocenters. The van der Waals surface area contributed by atoms with Crippen LogP contribution in [0.25, 0.3) is 0 Å². The lowest BCUT2D eigenvalue weighted by atomic mass is 9.94. The van der Waals surface area contributed by atoms with Crippen LogP contribution < -0.4 is 4.74 Å². The van der Waals surface area contributed by atoms with Gasteiger partial charge in [-0.25, -0.2) is 0 Å². The molecule has 144 valence electrons. The highest BCUT2D eigenvalue weighted by molar-refractivity contribution is 5.91. The number of piperidine rings is 1. The van der Waals surface area contributed by atoms with Crippen molar-refractivity contribution < 1.29 is 14.1 Å². The van der Waals surface area contributed by atoms with Gasteiger partial charge < -0.3 is 14.2 Å².